The topological polar surface area (TPSA) is 68.2 Å². The number of hydrazone groups is 1. The molecule has 5 atom stereocenters. The van der Waals surface area contributed by atoms with Gasteiger partial charge in [-0.2, -0.15) is 10.1 Å². The van der Waals surface area contributed by atoms with Crippen molar-refractivity contribution in [2.45, 2.75) is 39.7 Å². The second kappa shape index (κ2) is 8.35. The molecule has 160 valence electrons. The normalized spacial score (nSPS) is 28.0. The van der Waals surface area contributed by atoms with E-state index >= 15 is 0 Å². The van der Waals surface area contributed by atoms with E-state index < -0.39 is 0 Å². The number of carbonyl (C=O) groups excluding carboxylic acids is 2. The minimum absolute atomic E-state index is 0.0312. The summed E-state index contributed by atoms with van der Waals surface area (Å²) in [5.74, 6) is 0.264. The Labute approximate surface area is 189 Å². The maximum atomic E-state index is 12.8. The average molecular weight is 496 g/mol. The summed E-state index contributed by atoms with van der Waals surface area (Å²) in [4.78, 5) is 25.6. The Balaban J connectivity index is 1.62. The monoisotopic (exact) mass is 494 g/mol. The first-order valence-corrected chi connectivity index (χ1v) is 11.5. The summed E-state index contributed by atoms with van der Waals surface area (Å²) in [6.07, 6.45) is 7.27. The van der Waals surface area contributed by atoms with E-state index in [-0.39, 0.29) is 41.6 Å². The summed E-state index contributed by atoms with van der Waals surface area (Å²) in [5.41, 5.74) is 0.596. The van der Waals surface area contributed by atoms with Crippen LogP contribution in [0.15, 0.2) is 27.8 Å². The maximum absolute atomic E-state index is 12.8. The van der Waals surface area contributed by atoms with Crippen molar-refractivity contribution in [1.29, 1.82) is 0 Å². The van der Waals surface area contributed by atoms with Gasteiger partial charge >= 0.3 is 0 Å². The van der Waals surface area contributed by atoms with Crippen LogP contribution in [-0.4, -0.2) is 35.7 Å². The zero-order chi connectivity index (χ0) is 21.6. The zero-order valence-electron chi connectivity index (χ0n) is 17.1. The third-order valence-corrected chi connectivity index (χ3v) is 7.55. The van der Waals surface area contributed by atoms with Gasteiger partial charge in [0.25, 0.3) is 11.8 Å². The molecule has 30 heavy (non-hydrogen) atoms. The summed E-state index contributed by atoms with van der Waals surface area (Å²) in [6.45, 7) is 6.29. The predicted molar refractivity (Wildman–Crippen MR) is 118 cm³/mol. The molecule has 4 rings (SSSR count). The Morgan fingerprint density at radius 2 is 1.90 bits per heavy atom. The van der Waals surface area contributed by atoms with Crippen LogP contribution in [0, 0.1) is 23.7 Å². The summed E-state index contributed by atoms with van der Waals surface area (Å²) >= 11 is 10.0. The van der Waals surface area contributed by atoms with Crippen LogP contribution in [0.25, 0.3) is 0 Å². The van der Waals surface area contributed by atoms with Crippen LogP contribution >= 0.6 is 27.5 Å². The number of imide groups is 1. The SMILES string of the molecule is CCOc1cc(C=NN2C(=O)[C@@H]3[C@H](C2=O)[C@H]2C=C[C@H]3C2)c(Br)c(Cl)c1O[C@@H](C)CC. The van der Waals surface area contributed by atoms with E-state index in [1.807, 2.05) is 20.8 Å². The van der Waals surface area contributed by atoms with Crippen LogP contribution in [0.3, 0.4) is 0 Å². The second-order valence-corrected chi connectivity index (χ2v) is 9.09. The van der Waals surface area contributed by atoms with Gasteiger partial charge in [-0.25, -0.2) is 0 Å². The minimum Gasteiger partial charge on any atom is -0.490 e. The standard InChI is InChI=1S/C22H24BrClN2O4/c1-4-11(3)30-20-15(29-5-2)9-14(18(23)19(20)24)10-25-26-21(27)16-12-6-7-13(8-12)17(16)22(26)28/h6-7,9-13,16-17H,4-5,8H2,1-3H3/t11-,12-,13-,16-,17+/m0/s1. The Morgan fingerprint density at radius 1 is 1.27 bits per heavy atom. The zero-order valence-corrected chi connectivity index (χ0v) is 19.4. The lowest BCUT2D eigenvalue weighted by Crippen LogP contribution is -2.28. The number of rotatable bonds is 7. The van der Waals surface area contributed by atoms with Gasteiger partial charge in [0.2, 0.25) is 0 Å². The van der Waals surface area contributed by atoms with Crippen LogP contribution in [0.1, 0.15) is 39.2 Å². The Hall–Kier alpha value is -1.86. The molecule has 1 saturated carbocycles. The van der Waals surface area contributed by atoms with Gasteiger partial charge in [-0.3, -0.25) is 9.59 Å². The number of hydrogen-bond donors (Lipinski definition) is 0. The van der Waals surface area contributed by atoms with Gasteiger partial charge in [-0.15, -0.1) is 0 Å². The second-order valence-electron chi connectivity index (χ2n) is 7.92. The van der Waals surface area contributed by atoms with Gasteiger partial charge in [0.1, 0.15) is 5.02 Å². The smallest absolute Gasteiger partial charge is 0.254 e. The molecule has 0 spiro atoms. The van der Waals surface area contributed by atoms with Crippen molar-refractivity contribution >= 4 is 45.6 Å². The van der Waals surface area contributed by atoms with Crippen LogP contribution in [-0.2, 0) is 9.59 Å². The van der Waals surface area contributed by atoms with Crippen molar-refractivity contribution in [3.05, 3.63) is 33.3 Å². The van der Waals surface area contributed by atoms with Gasteiger partial charge in [0, 0.05) is 10.0 Å². The third kappa shape index (κ3) is 3.46. The number of carbonyl (C=O) groups is 2. The number of fused-ring (bicyclic) bond motifs is 5. The first kappa shape index (κ1) is 21.4. The quantitative estimate of drug-likeness (QED) is 0.309. The predicted octanol–water partition coefficient (Wildman–Crippen LogP) is 4.82. The van der Waals surface area contributed by atoms with Crippen molar-refractivity contribution in [1.82, 2.24) is 5.01 Å². The molecular formula is C22H24BrClN2O4. The fourth-order valence-electron chi connectivity index (χ4n) is 4.48. The van der Waals surface area contributed by atoms with E-state index in [0.29, 0.717) is 33.2 Å². The average Bonchev–Trinajstić information content (AvgIpc) is 3.41. The Bertz CT molecular complexity index is 918. The highest BCUT2D eigenvalue weighted by molar-refractivity contribution is 9.10. The van der Waals surface area contributed by atoms with Gasteiger partial charge < -0.3 is 9.47 Å². The first-order valence-electron chi connectivity index (χ1n) is 10.3. The highest BCUT2D eigenvalue weighted by Gasteiger charge is 2.59. The largest absolute Gasteiger partial charge is 0.490 e. The molecule has 2 fully saturated rings. The minimum atomic E-state index is -0.276. The maximum Gasteiger partial charge on any atom is 0.254 e. The van der Waals surface area contributed by atoms with Crippen LogP contribution in [0.4, 0.5) is 0 Å². The molecule has 2 aliphatic carbocycles. The van der Waals surface area contributed by atoms with Crippen molar-refractivity contribution in [2.75, 3.05) is 6.61 Å². The van der Waals surface area contributed by atoms with E-state index in [1.54, 1.807) is 6.07 Å². The molecule has 1 aromatic carbocycles. The molecule has 6 nitrogen and oxygen atoms in total. The van der Waals surface area contributed by atoms with Crippen LogP contribution in [0.2, 0.25) is 5.02 Å². The lowest BCUT2D eigenvalue weighted by Gasteiger charge is -2.19. The summed E-state index contributed by atoms with van der Waals surface area (Å²) in [7, 11) is 0. The van der Waals surface area contributed by atoms with E-state index in [0.717, 1.165) is 17.9 Å². The number of amides is 2. The molecule has 1 saturated heterocycles. The van der Waals surface area contributed by atoms with Crippen LogP contribution < -0.4 is 9.47 Å². The Kier molecular flexibility index (Phi) is 5.95. The highest BCUT2D eigenvalue weighted by atomic mass is 79.9. The number of hydrogen-bond acceptors (Lipinski definition) is 5. The van der Waals surface area contributed by atoms with Gasteiger partial charge in [0.15, 0.2) is 11.5 Å². The van der Waals surface area contributed by atoms with E-state index in [1.165, 1.54) is 6.21 Å². The highest BCUT2D eigenvalue weighted by Crippen LogP contribution is 2.52. The fraction of sp³-hybridized carbons (Fsp3) is 0.500. The summed E-state index contributed by atoms with van der Waals surface area (Å²) in [5, 5.41) is 5.62. The number of allylic oxidation sites excluding steroid dienone is 2. The third-order valence-electron chi connectivity index (χ3n) is 6.11. The number of nitrogens with zero attached hydrogens (tertiary/aromatic N) is 2. The lowest BCUT2D eigenvalue weighted by atomic mass is 9.85. The van der Waals surface area contributed by atoms with E-state index in [4.69, 9.17) is 21.1 Å². The molecule has 0 unspecified atom stereocenters. The lowest BCUT2D eigenvalue weighted by molar-refractivity contribution is -0.140. The summed E-state index contributed by atoms with van der Waals surface area (Å²) < 4.78 is 12.2. The number of ether oxygens (including phenoxy) is 2. The van der Waals surface area contributed by atoms with Gasteiger partial charge in [0.05, 0.1) is 30.8 Å². The molecular weight excluding hydrogens is 472 g/mol. The molecule has 8 heteroatoms. The molecule has 2 bridgehead atoms. The molecule has 1 aromatic rings. The van der Waals surface area contributed by atoms with Gasteiger partial charge in [-0.1, -0.05) is 30.7 Å². The van der Waals surface area contributed by atoms with Crippen molar-refractivity contribution < 1.29 is 19.1 Å². The molecule has 2 amide bonds. The first-order chi connectivity index (χ1) is 14.4. The fourth-order valence-corrected chi connectivity index (χ4v) is 5.12. The van der Waals surface area contributed by atoms with Crippen molar-refractivity contribution in [3.63, 3.8) is 0 Å². The number of halogens is 2. The van der Waals surface area contributed by atoms with Gasteiger partial charge in [-0.05, 0) is 60.5 Å². The Morgan fingerprint density at radius 3 is 2.47 bits per heavy atom. The van der Waals surface area contributed by atoms with Crippen molar-refractivity contribution in [3.8, 4) is 11.5 Å². The molecule has 0 radical (unpaired) electrons. The molecule has 0 N–H and O–H groups in total. The van der Waals surface area contributed by atoms with E-state index in [9.17, 15) is 9.59 Å². The molecule has 3 aliphatic rings. The summed E-state index contributed by atoms with van der Waals surface area (Å²) in [6, 6.07) is 1.75. The molecule has 0 aromatic heterocycles. The molecule has 1 heterocycles. The van der Waals surface area contributed by atoms with E-state index in [2.05, 4.69) is 33.2 Å². The van der Waals surface area contributed by atoms with Crippen LogP contribution in [0.5, 0.6) is 11.5 Å². The van der Waals surface area contributed by atoms with Crippen molar-refractivity contribution in [2.24, 2.45) is 28.8 Å². The molecule has 1 aliphatic heterocycles. The number of benzene rings is 1.